The van der Waals surface area contributed by atoms with E-state index >= 15 is 0 Å². The van der Waals surface area contributed by atoms with Crippen molar-refractivity contribution in [3.63, 3.8) is 0 Å². The lowest BCUT2D eigenvalue weighted by atomic mass is 9.98. The predicted octanol–water partition coefficient (Wildman–Crippen LogP) is 3.91. The van der Waals surface area contributed by atoms with Crippen LogP contribution in [0.2, 0.25) is 10.0 Å². The van der Waals surface area contributed by atoms with Crippen LogP contribution in [0.1, 0.15) is 25.3 Å². The molecule has 0 saturated heterocycles. The third-order valence-corrected chi connectivity index (χ3v) is 3.17. The summed E-state index contributed by atoms with van der Waals surface area (Å²) in [6.45, 7) is 2.98. The molecule has 84 valence electrons. The summed E-state index contributed by atoms with van der Waals surface area (Å²) in [7, 11) is 0. The molecule has 1 rings (SSSR count). The van der Waals surface area contributed by atoms with Crippen molar-refractivity contribution in [1.82, 2.24) is 0 Å². The summed E-state index contributed by atoms with van der Waals surface area (Å²) in [5.74, 6) is 0.654. The Morgan fingerprint density at radius 2 is 2.00 bits per heavy atom. The first-order chi connectivity index (χ1) is 7.13. The van der Waals surface area contributed by atoms with Crippen LogP contribution in [0.15, 0.2) is 18.2 Å². The van der Waals surface area contributed by atoms with Gasteiger partial charge in [0.1, 0.15) is 0 Å². The summed E-state index contributed by atoms with van der Waals surface area (Å²) in [5, 5.41) is 1.46. The van der Waals surface area contributed by atoms with Gasteiger partial charge in [-0.2, -0.15) is 0 Å². The molecule has 1 aromatic carbocycles. The fraction of sp³-hybridized carbons (Fsp3) is 0.500. The molecule has 0 fully saturated rings. The molecule has 0 amide bonds. The quantitative estimate of drug-likeness (QED) is 0.837. The first kappa shape index (κ1) is 12.8. The monoisotopic (exact) mass is 245 g/mol. The largest absolute Gasteiger partial charge is 0.330 e. The standard InChI is InChI=1S/C12H17Cl2N/c1-9(6-7-15)2-3-10-4-5-11(13)8-12(10)14/h4-5,8-9H,2-3,6-7,15H2,1H3. The van der Waals surface area contributed by atoms with Gasteiger partial charge in [0.25, 0.3) is 0 Å². The van der Waals surface area contributed by atoms with Crippen LogP contribution in [-0.4, -0.2) is 6.54 Å². The summed E-state index contributed by atoms with van der Waals surface area (Å²) >= 11 is 11.9. The highest BCUT2D eigenvalue weighted by molar-refractivity contribution is 6.35. The van der Waals surface area contributed by atoms with Crippen molar-refractivity contribution in [2.45, 2.75) is 26.2 Å². The molecule has 0 heterocycles. The fourth-order valence-corrected chi connectivity index (χ4v) is 2.06. The number of benzene rings is 1. The zero-order valence-electron chi connectivity index (χ0n) is 8.97. The maximum absolute atomic E-state index is 6.08. The Bertz CT molecular complexity index is 312. The fourth-order valence-electron chi connectivity index (χ4n) is 1.56. The summed E-state index contributed by atoms with van der Waals surface area (Å²) < 4.78 is 0. The number of aryl methyl sites for hydroxylation is 1. The van der Waals surface area contributed by atoms with Gasteiger partial charge in [0.05, 0.1) is 0 Å². The van der Waals surface area contributed by atoms with Gasteiger partial charge in [-0.1, -0.05) is 36.2 Å². The minimum absolute atomic E-state index is 0.654. The van der Waals surface area contributed by atoms with Crippen LogP contribution in [0.25, 0.3) is 0 Å². The van der Waals surface area contributed by atoms with Crippen LogP contribution in [0.5, 0.6) is 0 Å². The Morgan fingerprint density at radius 1 is 1.27 bits per heavy atom. The zero-order valence-corrected chi connectivity index (χ0v) is 10.5. The molecule has 0 saturated carbocycles. The highest BCUT2D eigenvalue weighted by Gasteiger charge is 2.05. The van der Waals surface area contributed by atoms with E-state index in [0.717, 1.165) is 30.8 Å². The first-order valence-electron chi connectivity index (χ1n) is 5.27. The zero-order chi connectivity index (χ0) is 11.3. The average molecular weight is 246 g/mol. The number of rotatable bonds is 5. The van der Waals surface area contributed by atoms with E-state index in [0.29, 0.717) is 10.9 Å². The summed E-state index contributed by atoms with van der Waals surface area (Å²) in [6, 6.07) is 5.68. The molecule has 2 N–H and O–H groups in total. The van der Waals surface area contributed by atoms with Crippen molar-refractivity contribution in [2.75, 3.05) is 6.54 Å². The summed E-state index contributed by atoms with van der Waals surface area (Å²) in [4.78, 5) is 0. The molecule has 0 aromatic heterocycles. The lowest BCUT2D eigenvalue weighted by Crippen LogP contribution is -2.06. The van der Waals surface area contributed by atoms with Gasteiger partial charge in [-0.05, 0) is 49.4 Å². The second kappa shape index (κ2) is 6.37. The molecule has 0 aliphatic heterocycles. The molecule has 1 unspecified atom stereocenters. The molecule has 1 nitrogen and oxygen atoms in total. The van der Waals surface area contributed by atoms with Crippen LogP contribution < -0.4 is 5.73 Å². The number of halogens is 2. The maximum atomic E-state index is 6.08. The summed E-state index contributed by atoms with van der Waals surface area (Å²) in [6.07, 6.45) is 3.20. The van der Waals surface area contributed by atoms with E-state index in [1.807, 2.05) is 12.1 Å². The van der Waals surface area contributed by atoms with E-state index in [1.54, 1.807) is 6.07 Å². The maximum Gasteiger partial charge on any atom is 0.0452 e. The second-order valence-electron chi connectivity index (χ2n) is 3.96. The van der Waals surface area contributed by atoms with Crippen molar-refractivity contribution >= 4 is 23.2 Å². The second-order valence-corrected chi connectivity index (χ2v) is 4.80. The van der Waals surface area contributed by atoms with Gasteiger partial charge >= 0.3 is 0 Å². The molecule has 3 heteroatoms. The van der Waals surface area contributed by atoms with E-state index in [1.165, 1.54) is 5.56 Å². The van der Waals surface area contributed by atoms with Crippen LogP contribution in [0, 0.1) is 5.92 Å². The van der Waals surface area contributed by atoms with Gasteiger partial charge < -0.3 is 5.73 Å². The molecule has 0 radical (unpaired) electrons. The minimum atomic E-state index is 0.654. The van der Waals surface area contributed by atoms with Gasteiger partial charge in [0.15, 0.2) is 0 Å². The smallest absolute Gasteiger partial charge is 0.0452 e. The lowest BCUT2D eigenvalue weighted by Gasteiger charge is -2.10. The van der Waals surface area contributed by atoms with E-state index in [9.17, 15) is 0 Å². The van der Waals surface area contributed by atoms with Crippen LogP contribution >= 0.6 is 23.2 Å². The van der Waals surface area contributed by atoms with Gasteiger partial charge in [-0.3, -0.25) is 0 Å². The third-order valence-electron chi connectivity index (χ3n) is 2.58. The SMILES string of the molecule is CC(CCN)CCc1ccc(Cl)cc1Cl. The predicted molar refractivity (Wildman–Crippen MR) is 67.6 cm³/mol. The van der Waals surface area contributed by atoms with Crippen molar-refractivity contribution < 1.29 is 0 Å². The third kappa shape index (κ3) is 4.42. The molecule has 0 spiro atoms. The summed E-state index contributed by atoms with van der Waals surface area (Å²) in [5.41, 5.74) is 6.68. The topological polar surface area (TPSA) is 26.0 Å². The normalized spacial score (nSPS) is 12.8. The molecule has 15 heavy (non-hydrogen) atoms. The van der Waals surface area contributed by atoms with E-state index < -0.39 is 0 Å². The molecule has 1 aromatic rings. The minimum Gasteiger partial charge on any atom is -0.330 e. The van der Waals surface area contributed by atoms with E-state index in [-0.39, 0.29) is 0 Å². The van der Waals surface area contributed by atoms with Crippen molar-refractivity contribution in [3.8, 4) is 0 Å². The highest BCUT2D eigenvalue weighted by atomic mass is 35.5. The average Bonchev–Trinajstić information content (AvgIpc) is 2.17. The highest BCUT2D eigenvalue weighted by Crippen LogP contribution is 2.23. The Morgan fingerprint density at radius 3 is 2.60 bits per heavy atom. The molecule has 0 bridgehead atoms. The van der Waals surface area contributed by atoms with Gasteiger partial charge in [-0.25, -0.2) is 0 Å². The van der Waals surface area contributed by atoms with Crippen molar-refractivity contribution in [3.05, 3.63) is 33.8 Å². The lowest BCUT2D eigenvalue weighted by molar-refractivity contribution is 0.500. The van der Waals surface area contributed by atoms with Crippen LogP contribution in [-0.2, 0) is 6.42 Å². The number of nitrogens with two attached hydrogens (primary N) is 1. The molecule has 0 aliphatic rings. The molecular formula is C12H17Cl2N. The number of hydrogen-bond donors (Lipinski definition) is 1. The Hall–Kier alpha value is -0.240. The van der Waals surface area contributed by atoms with E-state index in [2.05, 4.69) is 6.92 Å². The van der Waals surface area contributed by atoms with Gasteiger partial charge in [0.2, 0.25) is 0 Å². The molecular weight excluding hydrogens is 229 g/mol. The number of hydrogen-bond acceptors (Lipinski definition) is 1. The Labute approximate surface area is 102 Å². The van der Waals surface area contributed by atoms with Crippen molar-refractivity contribution in [2.24, 2.45) is 11.7 Å². The van der Waals surface area contributed by atoms with Crippen LogP contribution in [0.3, 0.4) is 0 Å². The van der Waals surface area contributed by atoms with Gasteiger partial charge in [-0.15, -0.1) is 0 Å². The molecule has 0 aliphatic carbocycles. The first-order valence-corrected chi connectivity index (χ1v) is 6.03. The van der Waals surface area contributed by atoms with E-state index in [4.69, 9.17) is 28.9 Å². The van der Waals surface area contributed by atoms with Crippen LogP contribution in [0.4, 0.5) is 0 Å². The molecule has 1 atom stereocenters. The Kier molecular flexibility index (Phi) is 5.44. The van der Waals surface area contributed by atoms with Crippen molar-refractivity contribution in [1.29, 1.82) is 0 Å². The van der Waals surface area contributed by atoms with Gasteiger partial charge in [0, 0.05) is 10.0 Å². The Balaban J connectivity index is 2.50.